The van der Waals surface area contributed by atoms with Gasteiger partial charge in [-0.15, -0.1) is 0 Å². The van der Waals surface area contributed by atoms with Crippen molar-refractivity contribution in [1.29, 1.82) is 0 Å². The Hall–Kier alpha value is -2.58. The van der Waals surface area contributed by atoms with Crippen molar-refractivity contribution in [2.24, 2.45) is 12.1 Å². The first-order chi connectivity index (χ1) is 17.2. The highest BCUT2D eigenvalue weighted by Gasteiger charge is 2.07. The van der Waals surface area contributed by atoms with Crippen LogP contribution in [0.1, 0.15) is 99.9 Å². The average Bonchev–Trinajstić information content (AvgIpc) is 2.84. The summed E-state index contributed by atoms with van der Waals surface area (Å²) in [5, 5.41) is 4.03. The van der Waals surface area contributed by atoms with E-state index in [-0.39, 0.29) is 10.8 Å². The largest absolute Gasteiger partial charge is 0.744 e. The van der Waals surface area contributed by atoms with E-state index in [4.69, 9.17) is 0 Å². The lowest BCUT2D eigenvalue weighted by Gasteiger charge is -2.05. The Labute approximate surface area is 217 Å². The number of hydrogen-bond donors (Lipinski definition) is 1. The van der Waals surface area contributed by atoms with Gasteiger partial charge in [0.2, 0.25) is 0 Å². The first kappa shape index (κ1) is 31.4. The van der Waals surface area contributed by atoms with Gasteiger partial charge in [0.25, 0.3) is 5.91 Å². The van der Waals surface area contributed by atoms with E-state index < -0.39 is 10.1 Å². The molecule has 7 nitrogen and oxygen atoms in total. The Bertz CT molecular complexity index is 1010. The minimum absolute atomic E-state index is 0.161. The van der Waals surface area contributed by atoms with Crippen LogP contribution in [-0.2, 0) is 17.2 Å². The molecule has 1 amide bonds. The van der Waals surface area contributed by atoms with Crippen LogP contribution >= 0.6 is 0 Å². The first-order valence-electron chi connectivity index (χ1n) is 13.0. The lowest BCUT2D eigenvalue weighted by molar-refractivity contribution is -0.671. The van der Waals surface area contributed by atoms with Gasteiger partial charge >= 0.3 is 0 Å². The summed E-state index contributed by atoms with van der Waals surface area (Å²) in [4.78, 5) is 11.7. The van der Waals surface area contributed by atoms with Crippen LogP contribution in [0.25, 0.3) is 0 Å². The first-order valence-corrected chi connectivity index (χ1v) is 14.4. The van der Waals surface area contributed by atoms with E-state index >= 15 is 0 Å². The number of nitrogens with one attached hydrogen (secondary N) is 1. The normalized spacial score (nSPS) is 11.2. The van der Waals surface area contributed by atoms with E-state index in [1.54, 1.807) is 24.4 Å². The minimum Gasteiger partial charge on any atom is -0.744 e. The van der Waals surface area contributed by atoms with E-state index in [0.29, 0.717) is 5.56 Å². The van der Waals surface area contributed by atoms with E-state index in [9.17, 15) is 17.8 Å². The van der Waals surface area contributed by atoms with Gasteiger partial charge in [-0.05, 0) is 38.0 Å². The molecule has 2 aromatic rings. The fourth-order valence-corrected chi connectivity index (χ4v) is 4.03. The van der Waals surface area contributed by atoms with Gasteiger partial charge in [0.05, 0.1) is 4.90 Å². The maximum absolute atomic E-state index is 11.9. The highest BCUT2D eigenvalue weighted by Crippen LogP contribution is 2.11. The predicted octanol–water partition coefficient (Wildman–Crippen LogP) is 5.83. The van der Waals surface area contributed by atoms with Crippen molar-refractivity contribution in [3.8, 4) is 0 Å². The number of rotatable bonds is 15. The minimum atomic E-state index is -4.27. The van der Waals surface area contributed by atoms with Gasteiger partial charge in [0.1, 0.15) is 22.7 Å². The topological polar surface area (TPSA) is 103 Å². The summed E-state index contributed by atoms with van der Waals surface area (Å²) in [6, 6.07) is 9.42. The molecule has 0 bridgehead atoms. The second-order valence-electron chi connectivity index (χ2n) is 9.10. The van der Waals surface area contributed by atoms with E-state index in [2.05, 4.69) is 17.5 Å². The van der Waals surface area contributed by atoms with Crippen LogP contribution < -0.4 is 9.99 Å². The molecule has 0 aliphatic rings. The Morgan fingerprint density at radius 1 is 0.944 bits per heavy atom. The number of nitrogens with zero attached hydrogens (tertiary/aromatic N) is 2. The molecular formula is C28H43N3O4S. The van der Waals surface area contributed by atoms with Crippen molar-refractivity contribution in [1.82, 2.24) is 5.43 Å². The van der Waals surface area contributed by atoms with Gasteiger partial charge in [-0.25, -0.2) is 18.4 Å². The third kappa shape index (κ3) is 15.4. The fourth-order valence-electron chi connectivity index (χ4n) is 3.56. The zero-order chi connectivity index (χ0) is 26.7. The molecule has 0 fully saturated rings. The van der Waals surface area contributed by atoms with Crippen LogP contribution in [0, 0.1) is 6.92 Å². The number of unbranched alkanes of at least 4 members (excludes halogenated alkanes) is 11. The second kappa shape index (κ2) is 18.7. The average molecular weight is 518 g/mol. The van der Waals surface area contributed by atoms with Gasteiger partial charge in [0.15, 0.2) is 12.4 Å². The van der Waals surface area contributed by atoms with Crippen molar-refractivity contribution in [3.63, 3.8) is 0 Å². The molecule has 8 heteroatoms. The molecule has 1 aromatic heterocycles. The molecule has 2 rings (SSSR count). The summed E-state index contributed by atoms with van der Waals surface area (Å²) in [6.07, 6.45) is 21.2. The zero-order valence-electron chi connectivity index (χ0n) is 22.1. The number of amides is 1. The number of carbonyl (C=O) groups is 1. The summed E-state index contributed by atoms with van der Waals surface area (Å²) in [5.41, 5.74) is 4.13. The predicted molar refractivity (Wildman–Crippen MR) is 144 cm³/mol. The summed E-state index contributed by atoms with van der Waals surface area (Å²) < 4.78 is 33.0. The zero-order valence-corrected chi connectivity index (χ0v) is 22.9. The maximum Gasteiger partial charge on any atom is 0.277 e. The molecular weight excluding hydrogens is 474 g/mol. The molecule has 1 N–H and O–H groups in total. The van der Waals surface area contributed by atoms with Crippen molar-refractivity contribution >= 4 is 22.2 Å². The molecule has 0 saturated carbocycles. The van der Waals surface area contributed by atoms with Crippen molar-refractivity contribution < 1.29 is 22.3 Å². The Morgan fingerprint density at radius 3 is 2.03 bits per heavy atom. The number of benzene rings is 1. The Kier molecular flexibility index (Phi) is 16.3. The summed E-state index contributed by atoms with van der Waals surface area (Å²) >= 11 is 0. The van der Waals surface area contributed by atoms with Gasteiger partial charge in [-0.2, -0.15) is 5.10 Å². The molecule has 0 aliphatic heterocycles. The third-order valence-electron chi connectivity index (χ3n) is 5.71. The number of aromatic nitrogens is 1. The highest BCUT2D eigenvalue weighted by molar-refractivity contribution is 7.85. The molecule has 200 valence electrons. The number of pyridine rings is 1. The van der Waals surface area contributed by atoms with E-state index in [1.165, 1.54) is 76.3 Å². The van der Waals surface area contributed by atoms with Crippen molar-refractivity contribution in [3.05, 3.63) is 59.9 Å². The summed E-state index contributed by atoms with van der Waals surface area (Å²) in [7, 11) is -2.37. The molecule has 1 heterocycles. The summed E-state index contributed by atoms with van der Waals surface area (Å²) in [5.74, 6) is -0.161. The molecule has 0 saturated heterocycles. The van der Waals surface area contributed by atoms with Gasteiger partial charge in [-0.3, -0.25) is 4.79 Å². The molecule has 1 aromatic carbocycles. The smallest absolute Gasteiger partial charge is 0.277 e. The molecule has 0 atom stereocenters. The maximum atomic E-state index is 11.9. The van der Waals surface area contributed by atoms with E-state index in [1.807, 2.05) is 37.0 Å². The standard InChI is InChI=1S/C21H35N3O.C7H8O3S/c1-3-4-5-6-7-8-9-10-11-12-13-14-17-22-23-21(25)20-16-15-18-24(2)19-20;1-6-2-4-7(5-3-6)11(8,9)10/h15-19H,3-14H2,1-2H3;2-5H,1H3,(H,8,9,10)/b22-17+;. The van der Waals surface area contributed by atoms with Crippen molar-refractivity contribution in [2.45, 2.75) is 95.8 Å². The lowest BCUT2D eigenvalue weighted by Crippen LogP contribution is -2.29. The molecule has 0 spiro atoms. The fraction of sp³-hybridized carbons (Fsp3) is 0.536. The van der Waals surface area contributed by atoms with E-state index in [0.717, 1.165) is 18.4 Å². The van der Waals surface area contributed by atoms with Crippen LogP contribution in [0.2, 0.25) is 0 Å². The van der Waals surface area contributed by atoms with Gasteiger partial charge in [-0.1, -0.05) is 88.8 Å². The van der Waals surface area contributed by atoms with Gasteiger partial charge < -0.3 is 4.55 Å². The second-order valence-corrected chi connectivity index (χ2v) is 10.5. The van der Waals surface area contributed by atoms with Gasteiger partial charge in [0, 0.05) is 12.3 Å². The number of hydrazone groups is 1. The number of carbonyl (C=O) groups excluding carboxylic acids is 1. The molecule has 0 radical (unpaired) electrons. The Morgan fingerprint density at radius 2 is 1.50 bits per heavy atom. The Balaban J connectivity index is 0.000000488. The monoisotopic (exact) mass is 517 g/mol. The van der Waals surface area contributed by atoms with Crippen LogP contribution in [0.15, 0.2) is 58.8 Å². The van der Waals surface area contributed by atoms with Crippen LogP contribution in [-0.4, -0.2) is 25.1 Å². The molecule has 0 unspecified atom stereocenters. The highest BCUT2D eigenvalue weighted by atomic mass is 32.2. The van der Waals surface area contributed by atoms with Crippen LogP contribution in [0.3, 0.4) is 0 Å². The summed E-state index contributed by atoms with van der Waals surface area (Å²) in [6.45, 7) is 4.09. The number of aryl methyl sites for hydroxylation is 2. The molecule has 36 heavy (non-hydrogen) atoms. The van der Waals surface area contributed by atoms with Crippen molar-refractivity contribution in [2.75, 3.05) is 0 Å². The SMILES string of the molecule is CCCCCCCCCCCCC/C=N/NC(=O)c1ccc[n+](C)c1.Cc1ccc(S(=O)(=O)[O-])cc1. The van der Waals surface area contributed by atoms with Crippen LogP contribution in [0.4, 0.5) is 0 Å². The number of hydrogen-bond acceptors (Lipinski definition) is 5. The third-order valence-corrected chi connectivity index (χ3v) is 6.56. The quantitative estimate of drug-likeness (QED) is 0.106. The molecule has 0 aliphatic carbocycles. The van der Waals surface area contributed by atoms with Crippen LogP contribution in [0.5, 0.6) is 0 Å². The lowest BCUT2D eigenvalue weighted by atomic mass is 10.1.